The number of para-hydroxylation sites is 5. The average Bonchev–Trinajstić information content (AvgIpc) is 1.58. The van der Waals surface area contributed by atoms with Crippen molar-refractivity contribution in [3.05, 3.63) is 363 Å². The summed E-state index contributed by atoms with van der Waals surface area (Å²) in [5, 5.41) is 8.71. The Kier molecular flexibility index (Phi) is 14.7. The van der Waals surface area contributed by atoms with Crippen molar-refractivity contribution in [2.24, 2.45) is 0 Å². The molecule has 0 spiro atoms. The Labute approximate surface area is 626 Å². The van der Waals surface area contributed by atoms with Gasteiger partial charge in [0.15, 0.2) is 34.9 Å². The number of rotatable bonds is 10. The Morgan fingerprint density at radius 1 is 0.220 bits per heavy atom. The molecule has 512 valence electrons. The maximum atomic E-state index is 6.85. The molecule has 6 aromatic heterocycles. The minimum Gasteiger partial charge on any atom is -0.455 e. The van der Waals surface area contributed by atoms with Gasteiger partial charge in [0.25, 0.3) is 0 Å². The molecule has 21 aromatic rings. The van der Waals surface area contributed by atoms with Crippen molar-refractivity contribution in [2.75, 3.05) is 0 Å². The standard InChI is InChI=1S/C51H32N4O.C48H32N4O/c1-5-16-33(17-6-1)37-28-38(34-18-7-2-8-19-34)30-39(29-37)55-45-27-14-13-24-40(45)43-32-47-44(31-46(43)55)41-25-15-26-42(48(41)56-47)51-53-49(35-20-9-3-10-21-35)52-50(54-51)36-22-11-4-12-23-36;1-48(2)39-22-11-9-18-32(39)33-25-24-30(26-40(33)48)46-49-45(29-14-5-3-6-15-29)50-47(51-46)36-21-13-20-35-38-27-42-37(28-43(38)53-44(35)36)34-19-10-12-23-41(34)52(42)31-16-7-4-8-17-31/h1-32H;3-28H,1-2H3. The highest BCUT2D eigenvalue weighted by Crippen LogP contribution is 2.50. The van der Waals surface area contributed by atoms with Crippen molar-refractivity contribution in [3.8, 4) is 113 Å². The molecule has 6 heterocycles. The van der Waals surface area contributed by atoms with E-state index in [0.717, 1.165) is 138 Å². The second kappa shape index (κ2) is 25.4. The van der Waals surface area contributed by atoms with Crippen molar-refractivity contribution in [3.63, 3.8) is 0 Å². The Balaban J connectivity index is 0.000000139. The van der Waals surface area contributed by atoms with Crippen LogP contribution < -0.4 is 0 Å². The van der Waals surface area contributed by atoms with E-state index >= 15 is 0 Å². The number of hydrogen-bond donors (Lipinski definition) is 0. The van der Waals surface area contributed by atoms with E-state index in [1.807, 2.05) is 97.1 Å². The van der Waals surface area contributed by atoms with Gasteiger partial charge in [-0.1, -0.05) is 281 Å². The van der Waals surface area contributed by atoms with Crippen molar-refractivity contribution in [1.82, 2.24) is 39.0 Å². The Hall–Kier alpha value is -14.5. The number of aromatic nitrogens is 8. The van der Waals surface area contributed by atoms with Gasteiger partial charge in [0, 0.05) is 82.1 Å². The molecule has 0 bridgehead atoms. The van der Waals surface area contributed by atoms with E-state index in [1.54, 1.807) is 0 Å². The Morgan fingerprint density at radius 3 is 1.06 bits per heavy atom. The van der Waals surface area contributed by atoms with Crippen molar-refractivity contribution >= 4 is 87.5 Å². The van der Waals surface area contributed by atoms with E-state index in [0.29, 0.717) is 34.9 Å². The Morgan fingerprint density at radius 2 is 0.587 bits per heavy atom. The van der Waals surface area contributed by atoms with Gasteiger partial charge in [-0.3, -0.25) is 0 Å². The molecule has 0 fully saturated rings. The minimum absolute atomic E-state index is 0.142. The molecule has 0 N–H and O–H groups in total. The highest BCUT2D eigenvalue weighted by atomic mass is 16.3. The van der Waals surface area contributed by atoms with E-state index in [9.17, 15) is 0 Å². The van der Waals surface area contributed by atoms with Gasteiger partial charge in [0.2, 0.25) is 0 Å². The molecule has 0 unspecified atom stereocenters. The van der Waals surface area contributed by atoms with Crippen LogP contribution in [0.15, 0.2) is 361 Å². The SMILES string of the molecule is CC1(C)c2ccccc2-c2ccc(-c3nc(-c4ccccc4)nc(-c4cccc5c4oc4cc6c7ccccc7n(-c7ccccc7)c6cc45)n3)cc21.c1ccc(-c2cc(-c3ccccc3)cc(-n3c4ccccc4c4cc5oc6c(-c7nc(-c8ccccc8)nc(-c8ccccc8)n7)cccc6c5cc43)c2)cc1. The minimum atomic E-state index is -0.142. The van der Waals surface area contributed by atoms with Crippen LogP contribution in [0.5, 0.6) is 0 Å². The summed E-state index contributed by atoms with van der Waals surface area (Å²) in [4.78, 5) is 30.4. The first-order valence-corrected chi connectivity index (χ1v) is 36.8. The molecule has 10 heteroatoms. The number of furan rings is 2. The van der Waals surface area contributed by atoms with Gasteiger partial charge < -0.3 is 18.0 Å². The first kappa shape index (κ1) is 63.0. The molecule has 10 nitrogen and oxygen atoms in total. The highest BCUT2D eigenvalue weighted by Gasteiger charge is 2.36. The van der Waals surface area contributed by atoms with Crippen LogP contribution in [0.2, 0.25) is 0 Å². The Bertz CT molecular complexity index is 7050. The summed E-state index contributed by atoms with van der Waals surface area (Å²) >= 11 is 0. The van der Waals surface area contributed by atoms with Crippen LogP contribution in [0.25, 0.3) is 201 Å². The molecule has 0 radical (unpaired) electrons. The lowest BCUT2D eigenvalue weighted by atomic mass is 9.82. The van der Waals surface area contributed by atoms with Crippen molar-refractivity contribution < 1.29 is 8.83 Å². The molecule has 0 atom stereocenters. The van der Waals surface area contributed by atoms with Crippen LogP contribution in [0.4, 0.5) is 0 Å². The molecular weight excluding hydrogens is 1330 g/mol. The summed E-state index contributed by atoms with van der Waals surface area (Å²) in [6, 6.07) is 123. The molecule has 0 aliphatic heterocycles. The zero-order valence-electron chi connectivity index (χ0n) is 59.4. The van der Waals surface area contributed by atoms with Gasteiger partial charge in [0.05, 0.1) is 33.2 Å². The molecular formula is C99H64N8O2. The maximum Gasteiger partial charge on any atom is 0.167 e. The molecule has 109 heavy (non-hydrogen) atoms. The third kappa shape index (κ3) is 10.6. The molecule has 1 aliphatic carbocycles. The molecule has 0 amide bonds. The van der Waals surface area contributed by atoms with Crippen molar-refractivity contribution in [2.45, 2.75) is 19.3 Å². The van der Waals surface area contributed by atoms with Gasteiger partial charge in [-0.15, -0.1) is 0 Å². The summed E-state index contributed by atoms with van der Waals surface area (Å²) in [5.74, 6) is 3.61. The van der Waals surface area contributed by atoms with Gasteiger partial charge in [0.1, 0.15) is 22.3 Å². The lowest BCUT2D eigenvalue weighted by molar-refractivity contribution is 0.660. The second-order valence-corrected chi connectivity index (χ2v) is 28.5. The quantitative estimate of drug-likeness (QED) is 0.133. The monoisotopic (exact) mass is 1400 g/mol. The predicted molar refractivity (Wildman–Crippen MR) is 444 cm³/mol. The lowest BCUT2D eigenvalue weighted by Crippen LogP contribution is -2.15. The molecule has 1 aliphatic rings. The summed E-state index contributed by atoms with van der Waals surface area (Å²) in [7, 11) is 0. The van der Waals surface area contributed by atoms with Crippen LogP contribution in [-0.2, 0) is 5.41 Å². The summed E-state index contributed by atoms with van der Waals surface area (Å²) in [5.41, 5.74) is 25.0. The lowest BCUT2D eigenvalue weighted by Gasteiger charge is -2.21. The zero-order chi connectivity index (χ0) is 72.3. The average molecular weight is 1400 g/mol. The molecule has 22 rings (SSSR count). The number of nitrogens with zero attached hydrogens (tertiary/aromatic N) is 8. The first-order chi connectivity index (χ1) is 53.8. The summed E-state index contributed by atoms with van der Waals surface area (Å²) in [6.07, 6.45) is 0. The number of fused-ring (bicyclic) bond motifs is 15. The molecule has 0 saturated heterocycles. The number of benzene rings is 15. The summed E-state index contributed by atoms with van der Waals surface area (Å²) < 4.78 is 18.4. The highest BCUT2D eigenvalue weighted by molar-refractivity contribution is 6.20. The topological polar surface area (TPSA) is 113 Å². The fourth-order valence-electron chi connectivity index (χ4n) is 16.5. The van der Waals surface area contributed by atoms with E-state index in [4.69, 9.17) is 38.7 Å². The predicted octanol–water partition coefficient (Wildman–Crippen LogP) is 25.4. The third-order valence-corrected chi connectivity index (χ3v) is 21.7. The van der Waals surface area contributed by atoms with Crippen LogP contribution in [0.1, 0.15) is 25.0 Å². The maximum absolute atomic E-state index is 6.85. The van der Waals surface area contributed by atoms with Gasteiger partial charge in [-0.2, -0.15) is 0 Å². The van der Waals surface area contributed by atoms with Gasteiger partial charge in [-0.25, -0.2) is 29.9 Å². The largest absolute Gasteiger partial charge is 0.455 e. The number of hydrogen-bond acceptors (Lipinski definition) is 8. The normalized spacial score (nSPS) is 12.4. The van der Waals surface area contributed by atoms with Gasteiger partial charge in [-0.05, 0) is 129 Å². The van der Waals surface area contributed by atoms with E-state index in [-0.39, 0.29) is 5.41 Å². The first-order valence-electron chi connectivity index (χ1n) is 36.8. The summed E-state index contributed by atoms with van der Waals surface area (Å²) in [6.45, 7) is 4.59. The van der Waals surface area contributed by atoms with Crippen LogP contribution >= 0.6 is 0 Å². The van der Waals surface area contributed by atoms with Crippen molar-refractivity contribution in [1.29, 1.82) is 0 Å². The molecule has 0 saturated carbocycles. The van der Waals surface area contributed by atoms with Gasteiger partial charge >= 0.3 is 0 Å². The third-order valence-electron chi connectivity index (χ3n) is 21.7. The second-order valence-electron chi connectivity index (χ2n) is 28.5. The molecule has 15 aromatic carbocycles. The fourth-order valence-corrected chi connectivity index (χ4v) is 16.5. The van der Waals surface area contributed by atoms with Crippen LogP contribution in [0, 0.1) is 0 Å². The van der Waals surface area contributed by atoms with E-state index in [2.05, 4.69) is 278 Å². The van der Waals surface area contributed by atoms with Crippen LogP contribution in [-0.4, -0.2) is 39.0 Å². The van der Waals surface area contributed by atoms with Crippen LogP contribution in [0.3, 0.4) is 0 Å². The van der Waals surface area contributed by atoms with E-state index < -0.39 is 0 Å². The van der Waals surface area contributed by atoms with E-state index in [1.165, 1.54) is 38.8 Å². The smallest absolute Gasteiger partial charge is 0.167 e. The fraction of sp³-hybridized carbons (Fsp3) is 0.0303. The zero-order valence-corrected chi connectivity index (χ0v) is 59.4.